The van der Waals surface area contributed by atoms with E-state index in [-0.39, 0.29) is 11.8 Å². The van der Waals surface area contributed by atoms with Crippen molar-refractivity contribution in [3.8, 4) is 0 Å². The molecule has 1 amide bonds. The van der Waals surface area contributed by atoms with Gasteiger partial charge in [-0.3, -0.25) is 4.79 Å². The lowest BCUT2D eigenvalue weighted by molar-refractivity contribution is -0.121. The second kappa shape index (κ2) is 3.94. The number of imidazole rings is 1. The van der Waals surface area contributed by atoms with Crippen molar-refractivity contribution in [1.29, 1.82) is 0 Å². The molecule has 1 aromatic heterocycles. The zero-order chi connectivity index (χ0) is 12.7. The van der Waals surface area contributed by atoms with Gasteiger partial charge in [0.1, 0.15) is 5.82 Å². The molecule has 1 aliphatic rings. The van der Waals surface area contributed by atoms with Gasteiger partial charge in [0.15, 0.2) is 0 Å². The Morgan fingerprint density at radius 2 is 2.22 bits per heavy atom. The quantitative estimate of drug-likeness (QED) is 0.799. The van der Waals surface area contributed by atoms with Gasteiger partial charge >= 0.3 is 0 Å². The lowest BCUT2D eigenvalue weighted by Crippen LogP contribution is -2.31. The first kappa shape index (κ1) is 11.0. The topological polar surface area (TPSA) is 70.1 Å². The highest BCUT2D eigenvalue weighted by molar-refractivity contribution is 6.07. The van der Waals surface area contributed by atoms with Crippen LogP contribution in [-0.4, -0.2) is 21.6 Å². The summed E-state index contributed by atoms with van der Waals surface area (Å²) in [7, 11) is 0. The van der Waals surface area contributed by atoms with Crippen molar-refractivity contribution in [2.75, 3.05) is 0 Å². The van der Waals surface area contributed by atoms with Gasteiger partial charge in [0.2, 0.25) is 5.91 Å². The van der Waals surface area contributed by atoms with Crippen molar-refractivity contribution in [2.45, 2.75) is 20.3 Å². The second-order valence-electron chi connectivity index (χ2n) is 4.69. The van der Waals surface area contributed by atoms with E-state index in [0.29, 0.717) is 6.42 Å². The van der Waals surface area contributed by atoms with Crippen molar-refractivity contribution < 1.29 is 4.79 Å². The molecule has 0 saturated heterocycles. The maximum Gasteiger partial charge on any atom is 0.240 e. The zero-order valence-corrected chi connectivity index (χ0v) is 10.3. The Morgan fingerprint density at radius 3 is 3.00 bits per heavy atom. The normalized spacial score (nSPS) is 19.8. The SMILES string of the molecule is Cc1nc2ccc(C3=NNC(=O)CC3C)cc2[nH]1. The predicted octanol–water partition coefficient (Wildman–Crippen LogP) is 1.73. The average molecular weight is 242 g/mol. The molecule has 0 fully saturated rings. The lowest BCUT2D eigenvalue weighted by atomic mass is 9.94. The van der Waals surface area contributed by atoms with Gasteiger partial charge in [0.25, 0.3) is 0 Å². The molecule has 1 atom stereocenters. The molecule has 5 heteroatoms. The molecule has 18 heavy (non-hydrogen) atoms. The third-order valence-corrected chi connectivity index (χ3v) is 3.16. The van der Waals surface area contributed by atoms with Crippen LogP contribution in [0.15, 0.2) is 23.3 Å². The number of amides is 1. The summed E-state index contributed by atoms with van der Waals surface area (Å²) in [6.07, 6.45) is 0.485. The molecule has 0 spiro atoms. The Labute approximate surface area is 104 Å². The maximum atomic E-state index is 11.2. The van der Waals surface area contributed by atoms with E-state index in [1.807, 2.05) is 32.0 Å². The minimum Gasteiger partial charge on any atom is -0.342 e. The summed E-state index contributed by atoms with van der Waals surface area (Å²) in [5.74, 6) is 1.01. The number of nitrogens with one attached hydrogen (secondary N) is 2. The number of hydrogen-bond acceptors (Lipinski definition) is 3. The van der Waals surface area contributed by atoms with Crippen LogP contribution in [0.4, 0.5) is 0 Å². The molecule has 2 heterocycles. The highest BCUT2D eigenvalue weighted by atomic mass is 16.2. The van der Waals surface area contributed by atoms with Crippen LogP contribution in [0.2, 0.25) is 0 Å². The molecule has 1 aliphatic heterocycles. The maximum absolute atomic E-state index is 11.2. The first-order valence-electron chi connectivity index (χ1n) is 5.96. The Kier molecular flexibility index (Phi) is 2.40. The van der Waals surface area contributed by atoms with Crippen molar-refractivity contribution in [2.24, 2.45) is 11.0 Å². The van der Waals surface area contributed by atoms with Gasteiger partial charge < -0.3 is 4.98 Å². The van der Waals surface area contributed by atoms with Gasteiger partial charge in [0.05, 0.1) is 16.7 Å². The zero-order valence-electron chi connectivity index (χ0n) is 10.3. The van der Waals surface area contributed by atoms with E-state index in [9.17, 15) is 4.79 Å². The first-order chi connectivity index (χ1) is 8.63. The van der Waals surface area contributed by atoms with Crippen LogP contribution in [-0.2, 0) is 4.79 Å². The van der Waals surface area contributed by atoms with E-state index in [2.05, 4.69) is 20.5 Å². The van der Waals surface area contributed by atoms with Crippen molar-refractivity contribution in [3.63, 3.8) is 0 Å². The molecule has 92 valence electrons. The van der Waals surface area contributed by atoms with Crippen molar-refractivity contribution in [1.82, 2.24) is 15.4 Å². The smallest absolute Gasteiger partial charge is 0.240 e. The molecule has 1 unspecified atom stereocenters. The molecular weight excluding hydrogens is 228 g/mol. The number of aryl methyl sites for hydroxylation is 1. The number of aromatic amines is 1. The molecule has 0 aliphatic carbocycles. The van der Waals surface area contributed by atoms with E-state index in [1.165, 1.54) is 0 Å². The number of fused-ring (bicyclic) bond motifs is 1. The summed E-state index contributed by atoms with van der Waals surface area (Å²) >= 11 is 0. The van der Waals surface area contributed by atoms with Crippen LogP contribution in [0.3, 0.4) is 0 Å². The molecule has 3 rings (SSSR count). The van der Waals surface area contributed by atoms with Gasteiger partial charge in [0, 0.05) is 17.9 Å². The standard InChI is InChI=1S/C13H14N4O/c1-7-5-12(18)16-17-13(7)9-3-4-10-11(6-9)15-8(2)14-10/h3-4,6-7H,5H2,1-2H3,(H,14,15)(H,16,18). The summed E-state index contributed by atoms with van der Waals surface area (Å²) in [5, 5.41) is 4.16. The predicted molar refractivity (Wildman–Crippen MR) is 69.3 cm³/mol. The number of carbonyl (C=O) groups is 1. The number of H-pyrrole nitrogens is 1. The number of carbonyl (C=O) groups excluding carboxylic acids is 1. The van der Waals surface area contributed by atoms with E-state index in [0.717, 1.165) is 28.1 Å². The number of aromatic nitrogens is 2. The lowest BCUT2D eigenvalue weighted by Gasteiger charge is -2.18. The molecule has 0 saturated carbocycles. The summed E-state index contributed by atoms with van der Waals surface area (Å²) < 4.78 is 0. The van der Waals surface area contributed by atoms with E-state index in [4.69, 9.17) is 0 Å². The Balaban J connectivity index is 2.06. The largest absolute Gasteiger partial charge is 0.342 e. The van der Waals surface area contributed by atoms with E-state index < -0.39 is 0 Å². The molecule has 0 radical (unpaired) electrons. The molecule has 2 aromatic rings. The number of hydrazone groups is 1. The summed E-state index contributed by atoms with van der Waals surface area (Å²) in [4.78, 5) is 18.8. The first-order valence-corrected chi connectivity index (χ1v) is 5.96. The van der Waals surface area contributed by atoms with Crippen LogP contribution in [0.5, 0.6) is 0 Å². The monoisotopic (exact) mass is 242 g/mol. The molecule has 2 N–H and O–H groups in total. The van der Waals surface area contributed by atoms with Crippen molar-refractivity contribution >= 4 is 22.7 Å². The highest BCUT2D eigenvalue weighted by Gasteiger charge is 2.21. The fraction of sp³-hybridized carbons (Fsp3) is 0.308. The minimum atomic E-state index is -0.0234. The van der Waals surface area contributed by atoms with Gasteiger partial charge in [-0.05, 0) is 19.1 Å². The number of hydrogen-bond donors (Lipinski definition) is 2. The molecule has 5 nitrogen and oxygen atoms in total. The summed E-state index contributed by atoms with van der Waals surface area (Å²) in [5.41, 5.74) is 6.43. The summed E-state index contributed by atoms with van der Waals surface area (Å²) in [6, 6.07) is 6.00. The average Bonchev–Trinajstić information content (AvgIpc) is 2.68. The summed E-state index contributed by atoms with van der Waals surface area (Å²) in [6.45, 7) is 3.95. The van der Waals surface area contributed by atoms with Crippen LogP contribution >= 0.6 is 0 Å². The fourth-order valence-corrected chi connectivity index (χ4v) is 2.30. The Morgan fingerprint density at radius 1 is 1.39 bits per heavy atom. The number of benzene rings is 1. The van der Waals surface area contributed by atoms with Crippen LogP contribution in [0, 0.1) is 12.8 Å². The fourth-order valence-electron chi connectivity index (χ4n) is 2.30. The van der Waals surface area contributed by atoms with Gasteiger partial charge in [-0.15, -0.1) is 0 Å². The second-order valence-corrected chi connectivity index (χ2v) is 4.69. The Hall–Kier alpha value is -2.17. The number of nitrogens with zero attached hydrogens (tertiary/aromatic N) is 2. The molecule has 0 bridgehead atoms. The van der Waals surface area contributed by atoms with Crippen molar-refractivity contribution in [3.05, 3.63) is 29.6 Å². The van der Waals surface area contributed by atoms with E-state index >= 15 is 0 Å². The van der Waals surface area contributed by atoms with E-state index in [1.54, 1.807) is 0 Å². The van der Waals surface area contributed by atoms with Crippen LogP contribution in [0.1, 0.15) is 24.7 Å². The minimum absolute atomic E-state index is 0.0234. The number of rotatable bonds is 1. The van der Waals surface area contributed by atoms with Crippen LogP contribution in [0.25, 0.3) is 11.0 Å². The third kappa shape index (κ3) is 1.77. The Bertz CT molecular complexity index is 656. The molecule has 1 aromatic carbocycles. The van der Waals surface area contributed by atoms with Gasteiger partial charge in [-0.25, -0.2) is 10.4 Å². The molecular formula is C13H14N4O. The third-order valence-electron chi connectivity index (χ3n) is 3.16. The van der Waals surface area contributed by atoms with Crippen LogP contribution < -0.4 is 5.43 Å². The van der Waals surface area contributed by atoms with Gasteiger partial charge in [-0.1, -0.05) is 13.0 Å². The van der Waals surface area contributed by atoms with Gasteiger partial charge in [-0.2, -0.15) is 5.10 Å². The highest BCUT2D eigenvalue weighted by Crippen LogP contribution is 2.20.